The highest BCUT2D eigenvalue weighted by molar-refractivity contribution is 5.84. The quantitative estimate of drug-likeness (QED) is 0.776. The Bertz CT molecular complexity index is 407. The fourth-order valence-corrected chi connectivity index (χ4v) is 1.97. The lowest BCUT2D eigenvalue weighted by molar-refractivity contribution is -0.146. The fraction of sp³-hybridized carbons (Fsp3) is 0.500. The molecule has 1 unspecified atom stereocenters. The first-order chi connectivity index (χ1) is 8.66. The lowest BCUT2D eigenvalue weighted by atomic mass is 10.2. The maximum absolute atomic E-state index is 11.6. The van der Waals surface area contributed by atoms with Gasteiger partial charge in [-0.3, -0.25) is 4.79 Å². The van der Waals surface area contributed by atoms with Gasteiger partial charge >= 0.3 is 5.97 Å². The van der Waals surface area contributed by atoms with Crippen molar-refractivity contribution in [2.45, 2.75) is 25.5 Å². The zero-order chi connectivity index (χ0) is 13.0. The van der Waals surface area contributed by atoms with Crippen molar-refractivity contribution in [3.05, 3.63) is 35.9 Å². The van der Waals surface area contributed by atoms with E-state index in [1.807, 2.05) is 30.3 Å². The van der Waals surface area contributed by atoms with E-state index < -0.39 is 5.54 Å². The maximum atomic E-state index is 11.6. The standard InChI is InChI=1S/C14H19NO3/c1-2-18-13(16)14(15)8-12(14)10-17-9-11-6-4-3-5-7-11/h3-7,12H,2,8-10,15H2,1H3/t12?,14-/m0/s1. The van der Waals surface area contributed by atoms with Gasteiger partial charge in [0.15, 0.2) is 0 Å². The molecule has 0 heterocycles. The number of nitrogens with two attached hydrogens (primary N) is 1. The molecule has 0 amide bonds. The van der Waals surface area contributed by atoms with Crippen molar-refractivity contribution >= 4 is 5.97 Å². The van der Waals surface area contributed by atoms with E-state index >= 15 is 0 Å². The number of rotatable bonds is 6. The molecule has 0 aliphatic heterocycles. The van der Waals surface area contributed by atoms with E-state index in [1.165, 1.54) is 0 Å². The van der Waals surface area contributed by atoms with Crippen LogP contribution in [0, 0.1) is 5.92 Å². The lowest BCUT2D eigenvalue weighted by Crippen LogP contribution is -2.38. The number of esters is 1. The molecule has 1 aliphatic carbocycles. The maximum Gasteiger partial charge on any atom is 0.326 e. The summed E-state index contributed by atoms with van der Waals surface area (Å²) >= 11 is 0. The third-order valence-corrected chi connectivity index (χ3v) is 3.24. The third-order valence-electron chi connectivity index (χ3n) is 3.24. The fourth-order valence-electron chi connectivity index (χ4n) is 1.97. The summed E-state index contributed by atoms with van der Waals surface area (Å²) < 4.78 is 10.5. The van der Waals surface area contributed by atoms with Crippen LogP contribution in [0.25, 0.3) is 0 Å². The Morgan fingerprint density at radius 2 is 2.17 bits per heavy atom. The zero-order valence-corrected chi connectivity index (χ0v) is 10.6. The SMILES string of the molecule is CCOC(=O)[C@]1(N)CC1COCc1ccccc1. The average Bonchev–Trinajstić information content (AvgIpc) is 3.04. The van der Waals surface area contributed by atoms with Crippen LogP contribution < -0.4 is 5.73 Å². The summed E-state index contributed by atoms with van der Waals surface area (Å²) in [4.78, 5) is 11.6. The monoisotopic (exact) mass is 249 g/mol. The highest BCUT2D eigenvalue weighted by Gasteiger charge is 2.58. The summed E-state index contributed by atoms with van der Waals surface area (Å²) in [6.07, 6.45) is 0.653. The third kappa shape index (κ3) is 2.89. The summed E-state index contributed by atoms with van der Waals surface area (Å²) in [6, 6.07) is 9.93. The van der Waals surface area contributed by atoms with Gasteiger partial charge in [-0.25, -0.2) is 0 Å². The lowest BCUT2D eigenvalue weighted by Gasteiger charge is -2.10. The highest BCUT2D eigenvalue weighted by Crippen LogP contribution is 2.42. The molecule has 98 valence electrons. The van der Waals surface area contributed by atoms with Crippen LogP contribution in [-0.4, -0.2) is 24.7 Å². The molecular weight excluding hydrogens is 230 g/mol. The smallest absolute Gasteiger partial charge is 0.326 e. The average molecular weight is 249 g/mol. The molecule has 4 heteroatoms. The highest BCUT2D eigenvalue weighted by atomic mass is 16.5. The van der Waals surface area contributed by atoms with E-state index in [0.717, 1.165) is 5.56 Å². The van der Waals surface area contributed by atoms with Crippen LogP contribution in [0.15, 0.2) is 30.3 Å². The molecule has 18 heavy (non-hydrogen) atoms. The molecule has 2 rings (SSSR count). The minimum Gasteiger partial charge on any atom is -0.465 e. The second kappa shape index (κ2) is 5.50. The Hall–Kier alpha value is -1.39. The van der Waals surface area contributed by atoms with Gasteiger partial charge in [-0.1, -0.05) is 30.3 Å². The van der Waals surface area contributed by atoms with E-state index in [-0.39, 0.29) is 11.9 Å². The molecule has 1 saturated carbocycles. The Labute approximate surface area is 107 Å². The van der Waals surface area contributed by atoms with Crippen molar-refractivity contribution in [3.8, 4) is 0 Å². The molecule has 0 spiro atoms. The Morgan fingerprint density at radius 1 is 1.44 bits per heavy atom. The van der Waals surface area contributed by atoms with Crippen LogP contribution in [0.5, 0.6) is 0 Å². The van der Waals surface area contributed by atoms with E-state index in [1.54, 1.807) is 6.92 Å². The van der Waals surface area contributed by atoms with Gasteiger partial charge in [-0.15, -0.1) is 0 Å². The van der Waals surface area contributed by atoms with Gasteiger partial charge in [-0.2, -0.15) is 0 Å². The number of ether oxygens (including phenoxy) is 2. The molecule has 1 aromatic rings. The van der Waals surface area contributed by atoms with Crippen molar-refractivity contribution < 1.29 is 14.3 Å². The number of hydrogen-bond donors (Lipinski definition) is 1. The minimum absolute atomic E-state index is 0.0836. The first kappa shape index (κ1) is 13.1. The molecule has 1 aliphatic rings. The van der Waals surface area contributed by atoms with Gasteiger partial charge in [0, 0.05) is 5.92 Å². The largest absolute Gasteiger partial charge is 0.465 e. The van der Waals surface area contributed by atoms with Crippen molar-refractivity contribution in [2.24, 2.45) is 11.7 Å². The van der Waals surface area contributed by atoms with Crippen LogP contribution in [-0.2, 0) is 20.9 Å². The van der Waals surface area contributed by atoms with Gasteiger partial charge in [0.1, 0.15) is 5.54 Å². The van der Waals surface area contributed by atoms with Crippen LogP contribution in [0.2, 0.25) is 0 Å². The van der Waals surface area contributed by atoms with E-state index in [2.05, 4.69) is 0 Å². The Balaban J connectivity index is 1.72. The second-order valence-corrected chi connectivity index (χ2v) is 4.66. The second-order valence-electron chi connectivity index (χ2n) is 4.66. The summed E-state index contributed by atoms with van der Waals surface area (Å²) in [7, 11) is 0. The number of hydrogen-bond acceptors (Lipinski definition) is 4. The van der Waals surface area contributed by atoms with Crippen LogP contribution >= 0.6 is 0 Å². The van der Waals surface area contributed by atoms with Gasteiger partial charge in [0.25, 0.3) is 0 Å². The number of benzene rings is 1. The predicted molar refractivity (Wildman–Crippen MR) is 67.8 cm³/mol. The molecular formula is C14H19NO3. The molecule has 1 fully saturated rings. The zero-order valence-electron chi connectivity index (χ0n) is 10.6. The van der Waals surface area contributed by atoms with E-state index in [9.17, 15) is 4.79 Å². The molecule has 0 saturated heterocycles. The van der Waals surface area contributed by atoms with Crippen molar-refractivity contribution in [1.82, 2.24) is 0 Å². The molecule has 0 bridgehead atoms. The topological polar surface area (TPSA) is 61.5 Å². The van der Waals surface area contributed by atoms with Crippen LogP contribution in [0.4, 0.5) is 0 Å². The van der Waals surface area contributed by atoms with Gasteiger partial charge in [0.2, 0.25) is 0 Å². The van der Waals surface area contributed by atoms with Gasteiger partial charge in [-0.05, 0) is 18.9 Å². The summed E-state index contributed by atoms with van der Waals surface area (Å²) in [5, 5.41) is 0. The first-order valence-electron chi connectivity index (χ1n) is 6.24. The molecule has 0 radical (unpaired) electrons. The summed E-state index contributed by atoms with van der Waals surface area (Å²) in [5.41, 5.74) is 6.25. The summed E-state index contributed by atoms with van der Waals surface area (Å²) in [6.45, 7) is 3.21. The van der Waals surface area contributed by atoms with E-state index in [0.29, 0.717) is 26.2 Å². The van der Waals surface area contributed by atoms with Crippen LogP contribution in [0.3, 0.4) is 0 Å². The molecule has 1 aromatic carbocycles. The first-order valence-corrected chi connectivity index (χ1v) is 6.24. The van der Waals surface area contributed by atoms with E-state index in [4.69, 9.17) is 15.2 Å². The number of carbonyl (C=O) groups excluding carboxylic acids is 1. The van der Waals surface area contributed by atoms with Gasteiger partial charge in [0.05, 0.1) is 19.8 Å². The number of carbonyl (C=O) groups is 1. The summed E-state index contributed by atoms with van der Waals surface area (Å²) in [5.74, 6) is -0.224. The Kier molecular flexibility index (Phi) is 3.99. The molecule has 2 atom stereocenters. The Morgan fingerprint density at radius 3 is 2.83 bits per heavy atom. The predicted octanol–water partition coefficient (Wildman–Crippen LogP) is 1.48. The van der Waals surface area contributed by atoms with Crippen molar-refractivity contribution in [1.29, 1.82) is 0 Å². The van der Waals surface area contributed by atoms with Crippen molar-refractivity contribution in [3.63, 3.8) is 0 Å². The normalized spacial score (nSPS) is 25.8. The molecule has 2 N–H and O–H groups in total. The minimum atomic E-state index is -0.813. The van der Waals surface area contributed by atoms with Gasteiger partial charge < -0.3 is 15.2 Å². The molecule has 0 aromatic heterocycles. The van der Waals surface area contributed by atoms with Crippen LogP contribution in [0.1, 0.15) is 18.9 Å². The molecule has 4 nitrogen and oxygen atoms in total. The van der Waals surface area contributed by atoms with Crippen molar-refractivity contribution in [2.75, 3.05) is 13.2 Å².